The van der Waals surface area contributed by atoms with Gasteiger partial charge in [0.1, 0.15) is 0 Å². The Morgan fingerprint density at radius 2 is 1.88 bits per heavy atom. The second-order valence-electron chi connectivity index (χ2n) is 4.26. The van der Waals surface area contributed by atoms with E-state index < -0.39 is 0 Å². The fourth-order valence-corrected chi connectivity index (χ4v) is 1.25. The molecule has 2 aromatic rings. The van der Waals surface area contributed by atoms with E-state index in [1.807, 2.05) is 7.05 Å². The van der Waals surface area contributed by atoms with Crippen molar-refractivity contribution < 1.29 is 4.74 Å². The summed E-state index contributed by atoms with van der Waals surface area (Å²) >= 11 is 5.69. The van der Waals surface area contributed by atoms with Gasteiger partial charge in [-0.3, -0.25) is 0 Å². The van der Waals surface area contributed by atoms with Crippen LogP contribution >= 0.6 is 11.6 Å². The van der Waals surface area contributed by atoms with Crippen LogP contribution in [0.1, 0.15) is 20.8 Å². The highest BCUT2D eigenvalue weighted by molar-refractivity contribution is 6.28. The van der Waals surface area contributed by atoms with Gasteiger partial charge < -0.3 is 9.30 Å². The molecule has 5 nitrogen and oxygen atoms in total. The second kappa shape index (κ2) is 5.82. The topological polar surface area (TPSA) is 52.8 Å². The zero-order valence-corrected chi connectivity index (χ0v) is 11.5. The van der Waals surface area contributed by atoms with E-state index in [0.717, 1.165) is 5.92 Å². The maximum absolute atomic E-state index is 5.69. The van der Waals surface area contributed by atoms with E-state index in [9.17, 15) is 0 Å². The maximum Gasteiger partial charge on any atom is 0.246 e. The molecule has 0 aliphatic heterocycles. The molecule has 0 radical (unpaired) electrons. The average molecular weight is 257 g/mol. The molecule has 0 aromatic carbocycles. The van der Waals surface area contributed by atoms with Gasteiger partial charge in [-0.25, -0.2) is 4.98 Å². The van der Waals surface area contributed by atoms with E-state index in [1.165, 1.54) is 7.11 Å². The number of hydrogen-bond acceptors (Lipinski definition) is 4. The van der Waals surface area contributed by atoms with E-state index in [1.54, 1.807) is 10.9 Å². The third-order valence-corrected chi connectivity index (χ3v) is 1.86. The molecular weight excluding hydrogens is 240 g/mol. The summed E-state index contributed by atoms with van der Waals surface area (Å²) in [5.41, 5.74) is 1.28. The van der Waals surface area contributed by atoms with Crippen LogP contribution in [0.2, 0.25) is 5.28 Å². The molecule has 0 unspecified atom stereocenters. The standard InChI is InChI=1S/C7H7ClN4O.C4H10/c1-12-3-9-4-5(12)10-7(8)11-6(4)13-2;1-4(2)3/h3H,1-2H3;4H,1-3H3. The van der Waals surface area contributed by atoms with Gasteiger partial charge >= 0.3 is 0 Å². The van der Waals surface area contributed by atoms with Crippen LogP contribution in [-0.2, 0) is 7.05 Å². The summed E-state index contributed by atoms with van der Waals surface area (Å²) in [4.78, 5) is 12.0. The van der Waals surface area contributed by atoms with Crippen LogP contribution in [0.3, 0.4) is 0 Å². The predicted molar refractivity (Wildman–Crippen MR) is 68.4 cm³/mol. The first-order valence-electron chi connectivity index (χ1n) is 5.34. The molecule has 2 aromatic heterocycles. The van der Waals surface area contributed by atoms with Crippen molar-refractivity contribution in [2.24, 2.45) is 13.0 Å². The van der Waals surface area contributed by atoms with Gasteiger partial charge in [0, 0.05) is 7.05 Å². The second-order valence-corrected chi connectivity index (χ2v) is 4.60. The highest BCUT2D eigenvalue weighted by atomic mass is 35.5. The van der Waals surface area contributed by atoms with Gasteiger partial charge in [-0.15, -0.1) is 0 Å². The Kier molecular flexibility index (Phi) is 4.69. The summed E-state index contributed by atoms with van der Waals surface area (Å²) < 4.78 is 6.77. The van der Waals surface area contributed by atoms with Crippen LogP contribution in [0.25, 0.3) is 11.2 Å². The number of halogens is 1. The molecule has 0 atom stereocenters. The maximum atomic E-state index is 5.69. The van der Waals surface area contributed by atoms with E-state index in [4.69, 9.17) is 16.3 Å². The Bertz CT molecular complexity index is 493. The van der Waals surface area contributed by atoms with Crippen LogP contribution in [-0.4, -0.2) is 26.6 Å². The van der Waals surface area contributed by atoms with Crippen molar-refractivity contribution in [1.82, 2.24) is 19.5 Å². The van der Waals surface area contributed by atoms with Crippen LogP contribution in [0.4, 0.5) is 0 Å². The summed E-state index contributed by atoms with van der Waals surface area (Å²) in [6, 6.07) is 0. The highest BCUT2D eigenvalue weighted by Gasteiger charge is 2.10. The molecule has 0 saturated carbocycles. The van der Waals surface area contributed by atoms with Crippen molar-refractivity contribution in [3.63, 3.8) is 0 Å². The molecule has 0 fully saturated rings. The van der Waals surface area contributed by atoms with Crippen LogP contribution in [0.15, 0.2) is 6.33 Å². The number of ether oxygens (including phenoxy) is 1. The number of methoxy groups -OCH3 is 1. The lowest BCUT2D eigenvalue weighted by Gasteiger charge is -1.99. The van der Waals surface area contributed by atoms with Crippen molar-refractivity contribution in [1.29, 1.82) is 0 Å². The van der Waals surface area contributed by atoms with E-state index in [-0.39, 0.29) is 5.28 Å². The van der Waals surface area contributed by atoms with E-state index >= 15 is 0 Å². The Hall–Kier alpha value is -1.36. The third-order valence-electron chi connectivity index (χ3n) is 1.69. The highest BCUT2D eigenvalue weighted by Crippen LogP contribution is 2.21. The molecule has 94 valence electrons. The van der Waals surface area contributed by atoms with Crippen LogP contribution < -0.4 is 4.74 Å². The number of fused-ring (bicyclic) bond motifs is 1. The van der Waals surface area contributed by atoms with Crippen molar-refractivity contribution >= 4 is 22.8 Å². The molecule has 17 heavy (non-hydrogen) atoms. The van der Waals surface area contributed by atoms with Crippen molar-refractivity contribution in [2.45, 2.75) is 20.8 Å². The van der Waals surface area contributed by atoms with E-state index in [0.29, 0.717) is 17.0 Å². The zero-order valence-electron chi connectivity index (χ0n) is 10.7. The van der Waals surface area contributed by atoms with Crippen molar-refractivity contribution in [3.8, 4) is 5.88 Å². The summed E-state index contributed by atoms with van der Waals surface area (Å²) in [7, 11) is 3.35. The van der Waals surface area contributed by atoms with Crippen LogP contribution in [0, 0.1) is 5.92 Å². The summed E-state index contributed by atoms with van der Waals surface area (Å²) in [5.74, 6) is 1.23. The van der Waals surface area contributed by atoms with Gasteiger partial charge in [0.15, 0.2) is 11.2 Å². The number of nitrogens with zero attached hydrogens (tertiary/aromatic N) is 4. The molecule has 0 spiro atoms. The van der Waals surface area contributed by atoms with Crippen molar-refractivity contribution in [2.75, 3.05) is 7.11 Å². The first-order chi connectivity index (χ1) is 7.95. The summed E-state index contributed by atoms with van der Waals surface area (Å²) in [5, 5.41) is 0.160. The predicted octanol–water partition coefficient (Wildman–Crippen LogP) is 2.69. The molecule has 6 heteroatoms. The minimum atomic E-state index is 0.160. The van der Waals surface area contributed by atoms with Gasteiger partial charge in [-0.1, -0.05) is 20.8 Å². The molecule has 0 bridgehead atoms. The van der Waals surface area contributed by atoms with Gasteiger partial charge in [0.25, 0.3) is 0 Å². The average Bonchev–Trinajstić information content (AvgIpc) is 2.59. The molecule has 0 aliphatic rings. The molecule has 2 heterocycles. The van der Waals surface area contributed by atoms with Crippen LogP contribution in [0.5, 0.6) is 5.88 Å². The minimum Gasteiger partial charge on any atom is -0.479 e. The molecule has 0 saturated heterocycles. The Morgan fingerprint density at radius 1 is 1.29 bits per heavy atom. The monoisotopic (exact) mass is 256 g/mol. The minimum absolute atomic E-state index is 0.160. The smallest absolute Gasteiger partial charge is 0.246 e. The zero-order chi connectivity index (χ0) is 13.0. The fraction of sp³-hybridized carbons (Fsp3) is 0.545. The largest absolute Gasteiger partial charge is 0.479 e. The Labute approximate surface area is 106 Å². The fourth-order valence-electron chi connectivity index (χ4n) is 1.10. The molecule has 0 amide bonds. The number of aromatic nitrogens is 4. The number of imidazole rings is 1. The molecule has 0 N–H and O–H groups in total. The Morgan fingerprint density at radius 3 is 2.41 bits per heavy atom. The quantitative estimate of drug-likeness (QED) is 0.736. The molecule has 0 aliphatic carbocycles. The first kappa shape index (κ1) is 13.7. The van der Waals surface area contributed by atoms with Crippen molar-refractivity contribution in [3.05, 3.63) is 11.6 Å². The SMILES string of the molecule is CC(C)C.COc1nc(Cl)nc2c1ncn2C. The normalized spacial score (nSPS) is 10.3. The van der Waals surface area contributed by atoms with E-state index in [2.05, 4.69) is 35.7 Å². The van der Waals surface area contributed by atoms with Gasteiger partial charge in [-0.2, -0.15) is 9.97 Å². The summed E-state index contributed by atoms with van der Waals surface area (Å²) in [6.45, 7) is 6.50. The molecule has 2 rings (SSSR count). The molecular formula is C11H17ClN4O. The first-order valence-corrected chi connectivity index (χ1v) is 5.72. The summed E-state index contributed by atoms with van der Waals surface area (Å²) in [6.07, 6.45) is 1.64. The lowest BCUT2D eigenvalue weighted by molar-refractivity contribution is 0.402. The van der Waals surface area contributed by atoms with Gasteiger partial charge in [-0.05, 0) is 17.5 Å². The third kappa shape index (κ3) is 3.56. The lowest BCUT2D eigenvalue weighted by atomic mass is 10.3. The van der Waals surface area contributed by atoms with Gasteiger partial charge in [0.2, 0.25) is 11.2 Å². The number of aryl methyl sites for hydroxylation is 1. The number of hydrogen-bond donors (Lipinski definition) is 0. The number of rotatable bonds is 1. The lowest BCUT2D eigenvalue weighted by Crippen LogP contribution is -1.94. The van der Waals surface area contributed by atoms with Gasteiger partial charge in [0.05, 0.1) is 13.4 Å². The Balaban J connectivity index is 0.000000317.